The fourth-order valence-corrected chi connectivity index (χ4v) is 0. The molecule has 0 aliphatic heterocycles. The summed E-state index contributed by atoms with van der Waals surface area (Å²) in [5.41, 5.74) is 0. The SMILES string of the molecule is [Ti][O]C(Br)(Br)Br. The van der Waals surface area contributed by atoms with Crippen LogP contribution in [0.15, 0.2) is 0 Å². The van der Waals surface area contributed by atoms with Gasteiger partial charge in [-0.15, -0.1) is 0 Å². The molecule has 0 spiro atoms. The van der Waals surface area contributed by atoms with Gasteiger partial charge in [-0.3, -0.25) is 0 Å². The molecule has 0 radical (unpaired) electrons. The van der Waals surface area contributed by atoms with E-state index in [0.717, 1.165) is 0 Å². The van der Waals surface area contributed by atoms with Gasteiger partial charge in [0.1, 0.15) is 0 Å². The van der Waals surface area contributed by atoms with Crippen LogP contribution in [0.3, 0.4) is 0 Å². The summed E-state index contributed by atoms with van der Waals surface area (Å²) in [7, 11) is 0. The molecule has 0 heterocycles. The molecule has 0 aliphatic rings. The monoisotopic (exact) mass is 313 g/mol. The van der Waals surface area contributed by atoms with Gasteiger partial charge in [-0.25, -0.2) is 0 Å². The van der Waals surface area contributed by atoms with Crippen LogP contribution in [-0.4, -0.2) is 2.33 Å². The first kappa shape index (κ1) is 8.11. The van der Waals surface area contributed by atoms with Crippen LogP contribution in [0, 0.1) is 0 Å². The van der Waals surface area contributed by atoms with E-state index >= 15 is 0 Å². The first-order chi connectivity index (χ1) is 2.56. The van der Waals surface area contributed by atoms with Crippen LogP contribution in [0.1, 0.15) is 0 Å². The van der Waals surface area contributed by atoms with Crippen molar-refractivity contribution in [3.63, 3.8) is 0 Å². The van der Waals surface area contributed by atoms with Gasteiger partial charge in [0, 0.05) is 0 Å². The fraction of sp³-hybridized carbons (Fsp3) is 1.00. The zero-order valence-electron chi connectivity index (χ0n) is 2.54. The van der Waals surface area contributed by atoms with Crippen LogP contribution in [0.5, 0.6) is 0 Å². The zero-order chi connectivity index (χ0) is 5.21. The Bertz CT molecular complexity index is 40.5. The molecule has 0 rings (SSSR count). The fourth-order valence-electron chi connectivity index (χ4n) is 0. The third-order valence-electron chi connectivity index (χ3n) is 0.116. The molecule has 0 bridgehead atoms. The van der Waals surface area contributed by atoms with E-state index < -0.39 is 2.33 Å². The normalized spacial score (nSPS) is 11.7. The van der Waals surface area contributed by atoms with E-state index in [1.165, 1.54) is 0 Å². The number of hydrogen-bond acceptors (Lipinski definition) is 1. The van der Waals surface area contributed by atoms with Crippen molar-refractivity contribution >= 4 is 47.8 Å². The molecule has 5 heteroatoms. The van der Waals surface area contributed by atoms with Crippen LogP contribution in [0.4, 0.5) is 0 Å². The summed E-state index contributed by atoms with van der Waals surface area (Å²) in [5.74, 6) is 0. The van der Waals surface area contributed by atoms with E-state index in [1.807, 2.05) is 0 Å². The predicted octanol–water partition coefficient (Wildman–Crippen LogP) is 2.26. The second kappa shape index (κ2) is 3.20. The Morgan fingerprint density at radius 3 is 1.50 bits per heavy atom. The standard InChI is InChI=1S/CBr3O.Ti/c2-1(3,4)5;/q-1;+1. The van der Waals surface area contributed by atoms with Gasteiger partial charge in [0.2, 0.25) is 0 Å². The Morgan fingerprint density at radius 1 is 1.33 bits per heavy atom. The Balaban J connectivity index is 3.17. The van der Waals surface area contributed by atoms with E-state index in [0.29, 0.717) is 0 Å². The van der Waals surface area contributed by atoms with Crippen molar-refractivity contribution in [2.24, 2.45) is 0 Å². The molecule has 0 saturated carbocycles. The minimum absolute atomic E-state index is 0.521. The van der Waals surface area contributed by atoms with Crippen molar-refractivity contribution in [2.75, 3.05) is 0 Å². The summed E-state index contributed by atoms with van der Waals surface area (Å²) in [6, 6.07) is 0. The molecular formula is CBr3OTi. The molecule has 0 aliphatic carbocycles. The van der Waals surface area contributed by atoms with Gasteiger partial charge in [0.05, 0.1) is 0 Å². The molecule has 0 saturated heterocycles. The number of halogens is 3. The predicted molar refractivity (Wildman–Crippen MR) is 30.6 cm³/mol. The molecule has 0 amide bonds. The third kappa shape index (κ3) is 6.11. The van der Waals surface area contributed by atoms with Crippen molar-refractivity contribution in [1.82, 2.24) is 0 Å². The Hall–Kier alpha value is 2.11. The summed E-state index contributed by atoms with van der Waals surface area (Å²) in [4.78, 5) is 0. The first-order valence-corrected chi connectivity index (χ1v) is 3.99. The molecule has 0 N–H and O–H groups in total. The van der Waals surface area contributed by atoms with Gasteiger partial charge in [-0.2, -0.15) is 0 Å². The van der Waals surface area contributed by atoms with E-state index in [9.17, 15) is 0 Å². The molecule has 1 nitrogen and oxygen atoms in total. The van der Waals surface area contributed by atoms with Gasteiger partial charge in [0.25, 0.3) is 0 Å². The Labute approximate surface area is 73.5 Å². The van der Waals surface area contributed by atoms with E-state index in [4.69, 9.17) is 0 Å². The summed E-state index contributed by atoms with van der Waals surface area (Å²) >= 11 is 10.8. The van der Waals surface area contributed by atoms with Gasteiger partial charge >= 0.3 is 74.3 Å². The van der Waals surface area contributed by atoms with E-state index in [2.05, 4.69) is 51.1 Å². The van der Waals surface area contributed by atoms with Crippen LogP contribution in [0.25, 0.3) is 0 Å². The van der Waals surface area contributed by atoms with Crippen molar-refractivity contribution in [3.05, 3.63) is 0 Å². The molecule has 0 unspecified atom stereocenters. The summed E-state index contributed by atoms with van der Waals surface area (Å²) in [6.07, 6.45) is 0. The topological polar surface area (TPSA) is 9.23 Å². The molecular weight excluding hydrogens is 316 g/mol. The van der Waals surface area contributed by atoms with Crippen molar-refractivity contribution in [3.8, 4) is 0 Å². The maximum atomic E-state index is 4.69. The quantitative estimate of drug-likeness (QED) is 0.492. The van der Waals surface area contributed by atoms with E-state index in [1.54, 1.807) is 20.8 Å². The van der Waals surface area contributed by atoms with Gasteiger partial charge in [0.15, 0.2) is 0 Å². The average Bonchev–Trinajstić information content (AvgIpc) is 1.35. The van der Waals surface area contributed by atoms with Crippen LogP contribution in [-0.2, 0) is 24.1 Å². The molecule has 0 fully saturated rings. The van der Waals surface area contributed by atoms with Crippen molar-refractivity contribution < 1.29 is 24.1 Å². The number of rotatable bonds is 0. The van der Waals surface area contributed by atoms with Gasteiger partial charge in [-0.1, -0.05) is 0 Å². The molecule has 0 atom stereocenters. The summed E-state index contributed by atoms with van der Waals surface area (Å²) < 4.78 is 4.17. The summed E-state index contributed by atoms with van der Waals surface area (Å²) in [6.45, 7) is 0. The Kier molecular flexibility index (Phi) is 4.33. The van der Waals surface area contributed by atoms with E-state index in [-0.39, 0.29) is 0 Å². The van der Waals surface area contributed by atoms with Crippen LogP contribution < -0.4 is 0 Å². The molecule has 0 aromatic heterocycles. The van der Waals surface area contributed by atoms with Crippen molar-refractivity contribution in [1.29, 1.82) is 0 Å². The van der Waals surface area contributed by atoms with Gasteiger partial charge in [-0.05, 0) is 0 Å². The summed E-state index contributed by atoms with van der Waals surface area (Å²) in [5, 5.41) is 0. The molecule has 6 heavy (non-hydrogen) atoms. The second-order valence-electron chi connectivity index (χ2n) is 0.548. The van der Waals surface area contributed by atoms with Gasteiger partial charge < -0.3 is 0 Å². The number of alkyl halides is 3. The Morgan fingerprint density at radius 2 is 1.50 bits per heavy atom. The van der Waals surface area contributed by atoms with Crippen molar-refractivity contribution in [2.45, 2.75) is 2.33 Å². The minimum atomic E-state index is -0.521. The van der Waals surface area contributed by atoms with Crippen LogP contribution in [0.2, 0.25) is 0 Å². The second-order valence-corrected chi connectivity index (χ2v) is 7.41. The average molecular weight is 316 g/mol. The zero-order valence-corrected chi connectivity index (χ0v) is 8.86. The maximum absolute atomic E-state index is 4.69. The first-order valence-electron chi connectivity index (χ1n) is 0.975. The van der Waals surface area contributed by atoms with Crippen LogP contribution >= 0.6 is 47.8 Å². The molecule has 0 aromatic rings. The molecule has 0 aromatic carbocycles. The number of hydrogen-bond donors (Lipinski definition) is 0. The molecule has 35 valence electrons. The third-order valence-corrected chi connectivity index (χ3v) is 2.48.